The Kier molecular flexibility index (Phi) is 2.87. The zero-order valence-electron chi connectivity index (χ0n) is 6.40. The monoisotopic (exact) mass is 192 g/mol. The third kappa shape index (κ3) is 1.67. The molecule has 0 aliphatic heterocycles. The minimum absolute atomic E-state index is 0.112. The summed E-state index contributed by atoms with van der Waals surface area (Å²) in [7, 11) is 0. The lowest BCUT2D eigenvalue weighted by molar-refractivity contribution is 0.184. The van der Waals surface area contributed by atoms with Crippen molar-refractivity contribution in [1.29, 1.82) is 0 Å². The topological polar surface area (TPSA) is 9.23 Å². The maximum Gasteiger partial charge on any atom is 0.228 e. The summed E-state index contributed by atoms with van der Waals surface area (Å²) in [6, 6.07) is 2.76. The van der Waals surface area contributed by atoms with Crippen molar-refractivity contribution in [2.24, 2.45) is 0 Å². The molecule has 0 N–H and O–H groups in total. The summed E-state index contributed by atoms with van der Waals surface area (Å²) >= 11 is 5.60. The van der Waals surface area contributed by atoms with Gasteiger partial charge in [-0.25, -0.2) is 8.78 Å². The highest BCUT2D eigenvalue weighted by molar-refractivity contribution is 6.31. The van der Waals surface area contributed by atoms with Crippen molar-refractivity contribution >= 4 is 11.6 Å². The van der Waals surface area contributed by atoms with E-state index in [1.807, 2.05) is 0 Å². The second-order valence-corrected chi connectivity index (χ2v) is 2.65. The van der Waals surface area contributed by atoms with Gasteiger partial charge in [-0.15, -0.1) is 0 Å². The molecule has 1 aromatic carbocycles. The van der Waals surface area contributed by atoms with Gasteiger partial charge < -0.3 is 4.74 Å². The number of hydrogen-bond donors (Lipinski definition) is 0. The standard InChI is InChI=1S/C8H7ClF2O/c1-5-6(9)2-3-7(8(5)11)12-4-10/h2-3H,4H2,1H3. The molecule has 4 heteroatoms. The van der Waals surface area contributed by atoms with E-state index in [9.17, 15) is 8.78 Å². The molecule has 0 aliphatic rings. The maximum atomic E-state index is 13.1. The number of hydrogen-bond acceptors (Lipinski definition) is 1. The molecule has 1 aromatic rings. The molecule has 0 spiro atoms. The molecule has 0 heterocycles. The van der Waals surface area contributed by atoms with E-state index in [1.165, 1.54) is 19.1 Å². The third-order valence-electron chi connectivity index (χ3n) is 1.49. The van der Waals surface area contributed by atoms with Crippen LogP contribution in [0.2, 0.25) is 5.02 Å². The summed E-state index contributed by atoms with van der Waals surface area (Å²) in [5.41, 5.74) is 0.266. The Morgan fingerprint density at radius 1 is 1.50 bits per heavy atom. The Hall–Kier alpha value is -0.830. The molecule has 0 atom stereocenters. The first-order valence-corrected chi connectivity index (χ1v) is 3.68. The summed E-state index contributed by atoms with van der Waals surface area (Å²) in [5, 5.41) is 0.304. The van der Waals surface area contributed by atoms with Crippen LogP contribution in [0.4, 0.5) is 8.78 Å². The lowest BCUT2D eigenvalue weighted by Crippen LogP contribution is -1.95. The lowest BCUT2D eigenvalue weighted by Gasteiger charge is -2.05. The van der Waals surface area contributed by atoms with Gasteiger partial charge >= 0.3 is 0 Å². The Bertz CT molecular complexity index is 289. The molecule has 0 bridgehead atoms. The van der Waals surface area contributed by atoms with Gasteiger partial charge in [0.15, 0.2) is 11.6 Å². The first kappa shape index (κ1) is 9.26. The number of benzene rings is 1. The van der Waals surface area contributed by atoms with Gasteiger partial charge in [0.1, 0.15) is 0 Å². The van der Waals surface area contributed by atoms with Gasteiger partial charge in [0, 0.05) is 10.6 Å². The van der Waals surface area contributed by atoms with Crippen molar-refractivity contribution in [3.63, 3.8) is 0 Å². The fourth-order valence-corrected chi connectivity index (χ4v) is 0.953. The van der Waals surface area contributed by atoms with Crippen LogP contribution in [0.15, 0.2) is 12.1 Å². The van der Waals surface area contributed by atoms with Crippen LogP contribution in [0.3, 0.4) is 0 Å². The normalized spacial score (nSPS) is 10.0. The van der Waals surface area contributed by atoms with E-state index in [4.69, 9.17) is 11.6 Å². The smallest absolute Gasteiger partial charge is 0.228 e. The van der Waals surface area contributed by atoms with Crippen molar-refractivity contribution in [1.82, 2.24) is 0 Å². The Morgan fingerprint density at radius 3 is 2.75 bits per heavy atom. The van der Waals surface area contributed by atoms with Crippen LogP contribution < -0.4 is 4.74 Å². The van der Waals surface area contributed by atoms with Crippen LogP contribution >= 0.6 is 11.6 Å². The average Bonchev–Trinajstić information content (AvgIpc) is 2.07. The lowest BCUT2D eigenvalue weighted by atomic mass is 10.2. The van der Waals surface area contributed by atoms with E-state index in [0.29, 0.717) is 5.02 Å². The van der Waals surface area contributed by atoms with Crippen LogP contribution in [-0.2, 0) is 0 Å². The molecule has 0 radical (unpaired) electrons. The highest BCUT2D eigenvalue weighted by atomic mass is 35.5. The van der Waals surface area contributed by atoms with Crippen LogP contribution in [0.5, 0.6) is 5.75 Å². The SMILES string of the molecule is Cc1c(Cl)ccc(OCF)c1F. The molecular formula is C8H7ClF2O. The average molecular weight is 193 g/mol. The Labute approximate surface area is 73.9 Å². The van der Waals surface area contributed by atoms with Crippen LogP contribution in [0.1, 0.15) is 5.56 Å². The predicted molar refractivity (Wildman–Crippen MR) is 42.8 cm³/mol. The molecule has 0 unspecified atom stereocenters. The van der Waals surface area contributed by atoms with Gasteiger partial charge in [-0.1, -0.05) is 11.6 Å². The van der Waals surface area contributed by atoms with Gasteiger partial charge in [-0.3, -0.25) is 0 Å². The molecular weight excluding hydrogens is 186 g/mol. The highest BCUT2D eigenvalue weighted by Gasteiger charge is 2.08. The quantitative estimate of drug-likeness (QED) is 0.700. The number of ether oxygens (including phenoxy) is 1. The van der Waals surface area contributed by atoms with Crippen molar-refractivity contribution in [3.05, 3.63) is 28.5 Å². The molecule has 0 amide bonds. The maximum absolute atomic E-state index is 13.1. The van der Waals surface area contributed by atoms with E-state index in [1.54, 1.807) is 0 Å². The van der Waals surface area contributed by atoms with E-state index in [2.05, 4.69) is 4.74 Å². The van der Waals surface area contributed by atoms with Crippen molar-refractivity contribution in [2.75, 3.05) is 6.86 Å². The van der Waals surface area contributed by atoms with Crippen LogP contribution in [-0.4, -0.2) is 6.86 Å². The summed E-state index contributed by atoms with van der Waals surface area (Å²) < 4.78 is 29.1. The second kappa shape index (κ2) is 3.72. The van der Waals surface area contributed by atoms with Gasteiger partial charge in [0.25, 0.3) is 0 Å². The fourth-order valence-electron chi connectivity index (χ4n) is 0.807. The van der Waals surface area contributed by atoms with Gasteiger partial charge in [-0.2, -0.15) is 0 Å². The number of alkyl halides is 1. The van der Waals surface area contributed by atoms with Crippen molar-refractivity contribution in [3.8, 4) is 5.75 Å². The molecule has 0 saturated carbocycles. The number of halogens is 3. The molecule has 1 nitrogen and oxygen atoms in total. The minimum atomic E-state index is -1.04. The molecule has 0 aromatic heterocycles. The summed E-state index contributed by atoms with van der Waals surface area (Å²) in [6.07, 6.45) is 0. The second-order valence-electron chi connectivity index (χ2n) is 2.24. The predicted octanol–water partition coefficient (Wildman–Crippen LogP) is 3.09. The highest BCUT2D eigenvalue weighted by Crippen LogP contribution is 2.26. The molecule has 0 aliphatic carbocycles. The van der Waals surface area contributed by atoms with Gasteiger partial charge in [-0.05, 0) is 19.1 Å². The third-order valence-corrected chi connectivity index (χ3v) is 1.90. The fraction of sp³-hybridized carbons (Fsp3) is 0.250. The molecule has 1 rings (SSSR count). The van der Waals surface area contributed by atoms with E-state index in [-0.39, 0.29) is 11.3 Å². The minimum Gasteiger partial charge on any atom is -0.460 e. The van der Waals surface area contributed by atoms with Gasteiger partial charge in [0.05, 0.1) is 0 Å². The number of rotatable bonds is 2. The van der Waals surface area contributed by atoms with Crippen molar-refractivity contribution in [2.45, 2.75) is 6.92 Å². The molecule has 0 saturated heterocycles. The Morgan fingerprint density at radius 2 is 2.17 bits per heavy atom. The first-order chi connectivity index (χ1) is 5.66. The van der Waals surface area contributed by atoms with Crippen molar-refractivity contribution < 1.29 is 13.5 Å². The van der Waals surface area contributed by atoms with E-state index in [0.717, 1.165) is 0 Å². The van der Waals surface area contributed by atoms with Crippen LogP contribution in [0, 0.1) is 12.7 Å². The zero-order chi connectivity index (χ0) is 9.14. The summed E-state index contributed by atoms with van der Waals surface area (Å²) in [5.74, 6) is -0.723. The molecule has 66 valence electrons. The van der Waals surface area contributed by atoms with E-state index < -0.39 is 12.7 Å². The van der Waals surface area contributed by atoms with Crippen LogP contribution in [0.25, 0.3) is 0 Å². The van der Waals surface area contributed by atoms with Gasteiger partial charge in [0.2, 0.25) is 6.86 Å². The zero-order valence-corrected chi connectivity index (χ0v) is 7.16. The first-order valence-electron chi connectivity index (χ1n) is 3.30. The van der Waals surface area contributed by atoms with E-state index >= 15 is 0 Å². The largest absolute Gasteiger partial charge is 0.460 e. The summed E-state index contributed by atoms with van der Waals surface area (Å²) in [6.45, 7) is 0.459. The Balaban J connectivity index is 3.08. The molecule has 0 fully saturated rings. The summed E-state index contributed by atoms with van der Waals surface area (Å²) in [4.78, 5) is 0. The molecule has 12 heavy (non-hydrogen) atoms.